The van der Waals surface area contributed by atoms with Crippen LogP contribution in [0.2, 0.25) is 10.0 Å². The molecule has 4 aromatic rings. The van der Waals surface area contributed by atoms with Crippen molar-refractivity contribution in [2.75, 3.05) is 29.0 Å². The smallest absolute Gasteiger partial charge is 0.177 e. The van der Waals surface area contributed by atoms with E-state index in [4.69, 9.17) is 39.3 Å². The maximum atomic E-state index is 10.1. The van der Waals surface area contributed by atoms with Crippen LogP contribution in [0, 0.1) is 10.8 Å². The molecule has 5 heterocycles. The predicted molar refractivity (Wildman–Crippen MR) is 146 cm³/mol. The fourth-order valence-electron chi connectivity index (χ4n) is 4.14. The van der Waals surface area contributed by atoms with Crippen LogP contribution < -0.4 is 16.0 Å². The van der Waals surface area contributed by atoms with Crippen LogP contribution >= 0.6 is 35.0 Å². The third-order valence-electron chi connectivity index (χ3n) is 6.39. The maximum Gasteiger partial charge on any atom is 0.177 e. The minimum atomic E-state index is -0.362. The molecule has 0 spiro atoms. The summed E-state index contributed by atoms with van der Waals surface area (Å²) >= 11 is 13.6. The van der Waals surface area contributed by atoms with Gasteiger partial charge in [0.1, 0.15) is 22.9 Å². The van der Waals surface area contributed by atoms with Crippen molar-refractivity contribution < 1.29 is 5.11 Å². The summed E-state index contributed by atoms with van der Waals surface area (Å²) in [7, 11) is 0. The summed E-state index contributed by atoms with van der Waals surface area (Å²) in [5.74, 6) is 1.24. The number of aliphatic hydroxyl groups excluding tert-OH is 1. The number of hydrogen-bond acceptors (Lipinski definition) is 10. The molecule has 192 valence electrons. The van der Waals surface area contributed by atoms with Gasteiger partial charge in [0.15, 0.2) is 16.5 Å². The molecule has 1 aliphatic rings. The molecule has 11 nitrogen and oxygen atoms in total. The van der Waals surface area contributed by atoms with Gasteiger partial charge >= 0.3 is 0 Å². The summed E-state index contributed by atoms with van der Waals surface area (Å²) in [6.45, 7) is 3.07. The molecule has 0 aliphatic carbocycles. The molecule has 0 saturated carbocycles. The molecule has 37 heavy (non-hydrogen) atoms. The van der Waals surface area contributed by atoms with Crippen molar-refractivity contribution in [2.24, 2.45) is 5.41 Å². The minimum Gasteiger partial charge on any atom is -0.390 e. The van der Waals surface area contributed by atoms with Crippen LogP contribution in [0.15, 0.2) is 40.6 Å². The van der Waals surface area contributed by atoms with Gasteiger partial charge in [0.2, 0.25) is 0 Å². The van der Waals surface area contributed by atoms with Crippen molar-refractivity contribution in [3.05, 3.63) is 46.5 Å². The zero-order valence-electron chi connectivity index (χ0n) is 19.8. The highest BCUT2D eigenvalue weighted by atomic mass is 35.5. The maximum absolute atomic E-state index is 10.1. The van der Waals surface area contributed by atoms with Crippen LogP contribution in [0.1, 0.15) is 25.5 Å². The van der Waals surface area contributed by atoms with E-state index in [9.17, 15) is 5.11 Å². The number of fused-ring (bicyclic) bond motifs is 1. The van der Waals surface area contributed by atoms with E-state index in [1.165, 1.54) is 11.8 Å². The molecule has 1 aliphatic heterocycles. The molecule has 0 radical (unpaired) electrons. The summed E-state index contributed by atoms with van der Waals surface area (Å²) < 4.78 is 0. The first-order chi connectivity index (χ1) is 17.8. The number of hydrogen-bond donors (Lipinski definition) is 5. The molecule has 0 amide bonds. The molecular formula is C23H24Cl2N10OS. The largest absolute Gasteiger partial charge is 0.390 e. The molecule has 0 unspecified atom stereocenters. The first kappa shape index (κ1) is 25.5. The Morgan fingerprint density at radius 1 is 1.30 bits per heavy atom. The van der Waals surface area contributed by atoms with Gasteiger partial charge in [-0.15, -0.1) is 0 Å². The number of aromatic nitrogens is 6. The number of nitrogen functional groups attached to an aromatic ring is 1. The quantitative estimate of drug-likeness (QED) is 0.169. The summed E-state index contributed by atoms with van der Waals surface area (Å²) in [4.78, 5) is 20.3. The van der Waals surface area contributed by atoms with Gasteiger partial charge < -0.3 is 21.1 Å². The van der Waals surface area contributed by atoms with E-state index < -0.39 is 0 Å². The van der Waals surface area contributed by atoms with Crippen molar-refractivity contribution in [2.45, 2.75) is 36.3 Å². The van der Waals surface area contributed by atoms with E-state index in [0.29, 0.717) is 80.1 Å². The summed E-state index contributed by atoms with van der Waals surface area (Å²) in [6.07, 6.45) is 6.20. The van der Waals surface area contributed by atoms with E-state index in [1.807, 2.05) is 0 Å². The molecule has 1 saturated heterocycles. The summed E-state index contributed by atoms with van der Waals surface area (Å²) in [5.41, 5.74) is 7.63. The van der Waals surface area contributed by atoms with Crippen LogP contribution in [0.25, 0.3) is 11.2 Å². The van der Waals surface area contributed by atoms with Crippen molar-refractivity contribution in [3.8, 4) is 0 Å². The zero-order valence-corrected chi connectivity index (χ0v) is 22.1. The van der Waals surface area contributed by atoms with Crippen LogP contribution in [-0.4, -0.2) is 54.2 Å². The van der Waals surface area contributed by atoms with Crippen LogP contribution in [-0.2, 0) is 6.61 Å². The highest BCUT2D eigenvalue weighted by molar-refractivity contribution is 7.99. The van der Waals surface area contributed by atoms with Crippen molar-refractivity contribution in [3.63, 3.8) is 0 Å². The van der Waals surface area contributed by atoms with Gasteiger partial charge in [0, 0.05) is 35.8 Å². The Morgan fingerprint density at radius 2 is 2.08 bits per heavy atom. The second kappa shape index (κ2) is 10.3. The molecule has 5 rings (SSSR count). The third kappa shape index (κ3) is 5.14. The number of halogens is 2. The molecule has 4 aromatic heterocycles. The van der Waals surface area contributed by atoms with Crippen molar-refractivity contribution in [1.29, 1.82) is 5.41 Å². The van der Waals surface area contributed by atoms with E-state index >= 15 is 0 Å². The van der Waals surface area contributed by atoms with Gasteiger partial charge in [-0.3, -0.25) is 15.5 Å². The average Bonchev–Trinajstić information content (AvgIpc) is 3.28. The molecule has 1 fully saturated rings. The molecule has 0 atom stereocenters. The Hall–Kier alpha value is -3.19. The number of amidine groups is 1. The highest BCUT2D eigenvalue weighted by Gasteiger charge is 2.36. The number of H-pyrrole nitrogens is 1. The number of nitrogens with two attached hydrogens (primary N) is 1. The second-order valence-corrected chi connectivity index (χ2v) is 10.8. The molecule has 14 heteroatoms. The number of piperidine rings is 1. The number of nitrogens with one attached hydrogen (secondary N) is 3. The third-order valence-corrected chi connectivity index (χ3v) is 8.15. The first-order valence-electron chi connectivity index (χ1n) is 11.4. The number of rotatable bonds is 6. The second-order valence-electron chi connectivity index (χ2n) is 8.93. The Balaban J connectivity index is 1.34. The summed E-state index contributed by atoms with van der Waals surface area (Å²) in [5, 5.41) is 30.6. The van der Waals surface area contributed by atoms with Gasteiger partial charge in [-0.2, -0.15) is 5.10 Å². The normalized spacial score (nSPS) is 15.2. The molecule has 0 bridgehead atoms. The monoisotopic (exact) mass is 558 g/mol. The van der Waals surface area contributed by atoms with Crippen molar-refractivity contribution in [1.82, 2.24) is 30.1 Å². The Labute approximate surface area is 226 Å². The lowest BCUT2D eigenvalue weighted by atomic mass is 9.79. The van der Waals surface area contributed by atoms with Gasteiger partial charge in [0.25, 0.3) is 0 Å². The number of aromatic amines is 1. The SMILES string of the molecule is CC1(C(=N)Nc2cncc(Cl)c2)CCN(c2nc3[nH]nc(Sc4ccnc(N)c4Cl)c3nc2CO)CC1. The highest BCUT2D eigenvalue weighted by Crippen LogP contribution is 2.38. The summed E-state index contributed by atoms with van der Waals surface area (Å²) in [6, 6.07) is 3.49. The lowest BCUT2D eigenvalue weighted by Gasteiger charge is -2.40. The van der Waals surface area contributed by atoms with Gasteiger partial charge in [-0.25, -0.2) is 15.0 Å². The lowest BCUT2D eigenvalue weighted by molar-refractivity contribution is 0.276. The molecule has 0 aromatic carbocycles. The molecule has 6 N–H and O–H groups in total. The van der Waals surface area contributed by atoms with Crippen LogP contribution in [0.5, 0.6) is 0 Å². The lowest BCUT2D eigenvalue weighted by Crippen LogP contribution is -2.45. The average molecular weight is 559 g/mol. The topological polar surface area (TPSA) is 166 Å². The fourth-order valence-corrected chi connectivity index (χ4v) is 5.40. The fraction of sp³-hybridized carbons (Fsp3) is 0.304. The van der Waals surface area contributed by atoms with Crippen LogP contribution in [0.4, 0.5) is 17.3 Å². The predicted octanol–water partition coefficient (Wildman–Crippen LogP) is 4.37. The Morgan fingerprint density at radius 3 is 2.81 bits per heavy atom. The van der Waals surface area contributed by atoms with Gasteiger partial charge in [-0.05, 0) is 25.0 Å². The van der Waals surface area contributed by atoms with Crippen molar-refractivity contribution >= 4 is 69.3 Å². The Kier molecular flexibility index (Phi) is 7.08. The number of anilines is 3. The number of nitrogens with zero attached hydrogens (tertiary/aromatic N) is 6. The number of pyridine rings is 2. The number of aliphatic hydroxyl groups is 1. The first-order valence-corrected chi connectivity index (χ1v) is 13.0. The van der Waals surface area contributed by atoms with Gasteiger partial charge in [-0.1, -0.05) is 41.9 Å². The standard InChI is InChI=1S/C23H24Cl2N10OS/c1-23(22(27)30-13-8-12(24)9-28-10-13)3-6-35(7-4-23)20-14(11-36)31-17-19(32-20)33-34-21(17)37-15-2-5-29-18(26)16(15)25/h2,5,8-10,36H,3-4,6-7,11H2,1H3,(H2,26,29)(H2,27,30)(H,32,33,34). The molecular weight excluding hydrogens is 535 g/mol. The van der Waals surface area contributed by atoms with Gasteiger partial charge in [0.05, 0.1) is 28.5 Å². The van der Waals surface area contributed by atoms with E-state index in [0.717, 1.165) is 0 Å². The van der Waals surface area contributed by atoms with E-state index in [-0.39, 0.29) is 17.8 Å². The zero-order chi connectivity index (χ0) is 26.2. The van der Waals surface area contributed by atoms with E-state index in [2.05, 4.69) is 42.3 Å². The van der Waals surface area contributed by atoms with Crippen LogP contribution in [0.3, 0.4) is 0 Å². The van der Waals surface area contributed by atoms with E-state index in [1.54, 1.807) is 30.7 Å². The minimum absolute atomic E-state index is 0.237. The Bertz CT molecular complexity index is 1470.